The molecule has 1 amide bonds. The molecule has 1 heterocycles. The number of ether oxygens (including phenoxy) is 1. The Kier molecular flexibility index (Phi) is 4.73. The fourth-order valence-corrected chi connectivity index (χ4v) is 3.25. The first-order valence-corrected chi connectivity index (χ1v) is 8.80. The van der Waals surface area contributed by atoms with Crippen molar-refractivity contribution in [3.63, 3.8) is 0 Å². The van der Waals surface area contributed by atoms with Gasteiger partial charge in [-0.3, -0.25) is 0 Å². The predicted octanol–water partition coefficient (Wildman–Crippen LogP) is 2.55. The summed E-state index contributed by atoms with van der Waals surface area (Å²) in [6, 6.07) is 7.49. The first kappa shape index (κ1) is 18.1. The summed E-state index contributed by atoms with van der Waals surface area (Å²) < 4.78 is 18.1. The Balaban J connectivity index is 1.64. The Morgan fingerprint density at radius 3 is 2.32 bits per heavy atom. The molecule has 2 atom stereocenters. The van der Waals surface area contributed by atoms with E-state index in [1.165, 1.54) is 0 Å². The molecule has 136 valence electrons. The van der Waals surface area contributed by atoms with Gasteiger partial charge in [0.1, 0.15) is 11.9 Å². The molecule has 1 saturated heterocycles. The Hall–Kier alpha value is -1.73. The summed E-state index contributed by atoms with van der Waals surface area (Å²) in [7, 11) is -0.396. The summed E-state index contributed by atoms with van der Waals surface area (Å²) in [6.07, 6.45) is 1.49. The molecule has 25 heavy (non-hydrogen) atoms. The fraction of sp³-hybridized carbons (Fsp3) is 0.611. The van der Waals surface area contributed by atoms with E-state index in [-0.39, 0.29) is 23.3 Å². The highest BCUT2D eigenvalue weighted by molar-refractivity contribution is 6.62. The molecule has 1 aromatic rings. The largest absolute Gasteiger partial charge is 0.494 e. The SMILES string of the molecule is CC1(C)OB(c2ccc(O[C@H]3CCC[C@H]3NC(=O)O)cc2)OC1(C)C. The molecule has 0 spiro atoms. The van der Waals surface area contributed by atoms with E-state index < -0.39 is 13.2 Å². The van der Waals surface area contributed by atoms with Crippen LogP contribution in [0.4, 0.5) is 4.79 Å². The lowest BCUT2D eigenvalue weighted by Crippen LogP contribution is -2.41. The molecule has 7 heteroatoms. The van der Waals surface area contributed by atoms with Crippen LogP contribution in [0, 0.1) is 0 Å². The highest BCUT2D eigenvalue weighted by Gasteiger charge is 2.51. The van der Waals surface area contributed by atoms with Gasteiger partial charge in [-0.25, -0.2) is 4.79 Å². The number of carboxylic acid groups (broad SMARTS) is 1. The van der Waals surface area contributed by atoms with Gasteiger partial charge in [0.15, 0.2) is 0 Å². The van der Waals surface area contributed by atoms with Crippen LogP contribution in [0.5, 0.6) is 5.75 Å². The maximum absolute atomic E-state index is 10.9. The van der Waals surface area contributed by atoms with Crippen molar-refractivity contribution in [2.75, 3.05) is 0 Å². The van der Waals surface area contributed by atoms with Crippen molar-refractivity contribution in [1.82, 2.24) is 5.32 Å². The molecule has 1 saturated carbocycles. The van der Waals surface area contributed by atoms with Crippen LogP contribution in [0.25, 0.3) is 0 Å². The average Bonchev–Trinajstić information content (AvgIpc) is 3.01. The van der Waals surface area contributed by atoms with Crippen molar-refractivity contribution >= 4 is 18.7 Å². The highest BCUT2D eigenvalue weighted by atomic mass is 16.7. The zero-order valence-corrected chi connectivity index (χ0v) is 15.2. The van der Waals surface area contributed by atoms with E-state index in [0.717, 1.165) is 30.5 Å². The molecule has 0 aromatic heterocycles. The van der Waals surface area contributed by atoms with Crippen molar-refractivity contribution in [2.24, 2.45) is 0 Å². The van der Waals surface area contributed by atoms with Crippen LogP contribution < -0.4 is 15.5 Å². The molecule has 0 unspecified atom stereocenters. The molecule has 6 nitrogen and oxygen atoms in total. The lowest BCUT2D eigenvalue weighted by atomic mass is 9.79. The minimum Gasteiger partial charge on any atom is -0.488 e. The summed E-state index contributed by atoms with van der Waals surface area (Å²) in [6.45, 7) is 8.11. The van der Waals surface area contributed by atoms with Crippen LogP contribution in [-0.2, 0) is 9.31 Å². The minimum atomic E-state index is -1.00. The third-order valence-corrected chi connectivity index (χ3v) is 5.45. The van der Waals surface area contributed by atoms with Crippen LogP contribution in [0.3, 0.4) is 0 Å². The van der Waals surface area contributed by atoms with Crippen LogP contribution in [0.1, 0.15) is 47.0 Å². The summed E-state index contributed by atoms with van der Waals surface area (Å²) in [5, 5.41) is 11.4. The van der Waals surface area contributed by atoms with E-state index >= 15 is 0 Å². The summed E-state index contributed by atoms with van der Waals surface area (Å²) in [5.41, 5.74) is 0.205. The first-order valence-electron chi connectivity index (χ1n) is 8.80. The van der Waals surface area contributed by atoms with E-state index in [2.05, 4.69) is 5.32 Å². The number of hydrogen-bond donors (Lipinski definition) is 2. The van der Waals surface area contributed by atoms with E-state index in [9.17, 15) is 4.79 Å². The van der Waals surface area contributed by atoms with Gasteiger partial charge in [0.25, 0.3) is 0 Å². The molecule has 1 aromatic carbocycles. The van der Waals surface area contributed by atoms with Crippen molar-refractivity contribution in [2.45, 2.75) is 70.3 Å². The number of benzene rings is 1. The number of rotatable bonds is 4. The molecule has 3 rings (SSSR count). The Bertz CT molecular complexity index is 615. The van der Waals surface area contributed by atoms with Gasteiger partial charge in [-0.1, -0.05) is 12.1 Å². The molecule has 0 bridgehead atoms. The van der Waals surface area contributed by atoms with E-state index in [1.54, 1.807) is 0 Å². The predicted molar refractivity (Wildman–Crippen MR) is 95.4 cm³/mol. The standard InChI is InChI=1S/C18H26BNO5/c1-17(2)18(3,4)25-19(24-17)12-8-10-13(11-9-12)23-15-7-5-6-14(15)20-16(21)22/h8-11,14-15,20H,5-7H2,1-4H3,(H,21,22)/t14-,15+/m1/s1. The van der Waals surface area contributed by atoms with Crippen molar-refractivity contribution in [1.29, 1.82) is 0 Å². The average molecular weight is 347 g/mol. The molecule has 2 N–H and O–H groups in total. The molecule has 2 aliphatic rings. The van der Waals surface area contributed by atoms with Gasteiger partial charge in [0, 0.05) is 0 Å². The smallest absolute Gasteiger partial charge is 0.488 e. The summed E-state index contributed by atoms with van der Waals surface area (Å²) in [4.78, 5) is 10.9. The van der Waals surface area contributed by atoms with Gasteiger partial charge < -0.3 is 24.5 Å². The van der Waals surface area contributed by atoms with E-state index in [0.29, 0.717) is 0 Å². The van der Waals surface area contributed by atoms with Crippen LogP contribution in [0.15, 0.2) is 24.3 Å². The zero-order valence-electron chi connectivity index (χ0n) is 15.2. The second kappa shape index (κ2) is 6.54. The third kappa shape index (κ3) is 3.77. The quantitative estimate of drug-likeness (QED) is 0.819. The van der Waals surface area contributed by atoms with Crippen molar-refractivity contribution in [3.05, 3.63) is 24.3 Å². The maximum atomic E-state index is 10.9. The number of nitrogens with one attached hydrogen (secondary N) is 1. The second-order valence-electron chi connectivity index (χ2n) is 7.80. The van der Waals surface area contributed by atoms with Gasteiger partial charge >= 0.3 is 13.2 Å². The van der Waals surface area contributed by atoms with E-state index in [4.69, 9.17) is 19.2 Å². The Morgan fingerprint density at radius 1 is 1.16 bits per heavy atom. The fourth-order valence-electron chi connectivity index (χ4n) is 3.25. The van der Waals surface area contributed by atoms with E-state index in [1.807, 2.05) is 52.0 Å². The monoisotopic (exact) mass is 347 g/mol. The highest BCUT2D eigenvalue weighted by Crippen LogP contribution is 2.36. The normalized spacial score (nSPS) is 27.3. The molecule has 1 aliphatic carbocycles. The minimum absolute atomic E-state index is 0.126. The van der Waals surface area contributed by atoms with Crippen LogP contribution in [-0.4, -0.2) is 41.7 Å². The first-order chi connectivity index (χ1) is 11.7. The molecule has 1 aliphatic heterocycles. The molecule has 2 fully saturated rings. The molecular weight excluding hydrogens is 321 g/mol. The number of hydrogen-bond acceptors (Lipinski definition) is 4. The third-order valence-electron chi connectivity index (χ3n) is 5.45. The van der Waals surface area contributed by atoms with Gasteiger partial charge in [-0.15, -0.1) is 0 Å². The van der Waals surface area contributed by atoms with Crippen molar-refractivity contribution < 1.29 is 23.9 Å². The molecule has 0 radical (unpaired) electrons. The zero-order chi connectivity index (χ0) is 18.2. The van der Waals surface area contributed by atoms with Crippen LogP contribution >= 0.6 is 0 Å². The Labute approximate surface area is 149 Å². The maximum Gasteiger partial charge on any atom is 0.494 e. The number of carbonyl (C=O) groups is 1. The second-order valence-corrected chi connectivity index (χ2v) is 7.80. The molecular formula is C18H26BNO5. The van der Waals surface area contributed by atoms with Crippen LogP contribution in [0.2, 0.25) is 0 Å². The number of amides is 1. The van der Waals surface area contributed by atoms with Gasteiger partial charge in [-0.2, -0.15) is 0 Å². The summed E-state index contributed by atoms with van der Waals surface area (Å²) >= 11 is 0. The topological polar surface area (TPSA) is 77.0 Å². The lowest BCUT2D eigenvalue weighted by Gasteiger charge is -2.32. The van der Waals surface area contributed by atoms with Gasteiger partial charge in [0.05, 0.1) is 17.2 Å². The van der Waals surface area contributed by atoms with Crippen molar-refractivity contribution in [3.8, 4) is 5.75 Å². The van der Waals surface area contributed by atoms with Gasteiger partial charge in [-0.05, 0) is 64.6 Å². The Morgan fingerprint density at radius 2 is 1.76 bits per heavy atom. The lowest BCUT2D eigenvalue weighted by molar-refractivity contribution is 0.00578. The summed E-state index contributed by atoms with van der Waals surface area (Å²) in [5.74, 6) is 0.726. The van der Waals surface area contributed by atoms with Gasteiger partial charge in [0.2, 0.25) is 0 Å².